The second kappa shape index (κ2) is 7.75. The Hall–Kier alpha value is -2.93. The zero-order valence-corrected chi connectivity index (χ0v) is 15.3. The third kappa shape index (κ3) is 3.64. The van der Waals surface area contributed by atoms with Gasteiger partial charge < -0.3 is 15.4 Å². The molecular weight excluding hydrogens is 342 g/mol. The summed E-state index contributed by atoms with van der Waals surface area (Å²) < 4.78 is 7.30. The molecule has 0 bridgehead atoms. The van der Waals surface area contributed by atoms with E-state index in [-0.39, 0.29) is 5.91 Å². The Morgan fingerprint density at radius 2 is 2.07 bits per heavy atom. The summed E-state index contributed by atoms with van der Waals surface area (Å²) in [6.07, 6.45) is 3.74. The predicted molar refractivity (Wildman–Crippen MR) is 103 cm³/mol. The number of hydrogen-bond acceptors (Lipinski definition) is 5. The number of rotatable bonds is 5. The summed E-state index contributed by atoms with van der Waals surface area (Å²) in [6, 6.07) is 12.3. The lowest BCUT2D eigenvalue weighted by Crippen LogP contribution is -2.29. The Bertz CT molecular complexity index is 946. The number of aromatic nitrogens is 3. The first-order valence-electron chi connectivity index (χ1n) is 9.21. The van der Waals surface area contributed by atoms with Crippen molar-refractivity contribution in [2.24, 2.45) is 0 Å². The number of carbonyl (C=O) groups is 1. The number of hydrogen-bond donors (Lipinski definition) is 2. The number of carbonyl (C=O) groups excluding carboxylic acids is 1. The van der Waals surface area contributed by atoms with Crippen LogP contribution in [0, 0.1) is 0 Å². The zero-order valence-electron chi connectivity index (χ0n) is 15.3. The second-order valence-corrected chi connectivity index (χ2v) is 6.72. The van der Waals surface area contributed by atoms with Gasteiger partial charge in [-0.25, -0.2) is 4.68 Å². The summed E-state index contributed by atoms with van der Waals surface area (Å²) in [7, 11) is 1.64. The van der Waals surface area contributed by atoms with E-state index in [1.165, 1.54) is 0 Å². The molecule has 2 aromatic carbocycles. The van der Waals surface area contributed by atoms with Crippen molar-refractivity contribution in [1.82, 2.24) is 25.6 Å². The molecule has 1 aliphatic rings. The largest absolute Gasteiger partial charge is 0.496 e. The van der Waals surface area contributed by atoms with Gasteiger partial charge in [0.2, 0.25) is 0 Å². The number of fused-ring (bicyclic) bond motifs is 1. The molecule has 1 aliphatic heterocycles. The van der Waals surface area contributed by atoms with Crippen LogP contribution in [0.25, 0.3) is 10.8 Å². The van der Waals surface area contributed by atoms with E-state index in [0.717, 1.165) is 48.0 Å². The highest BCUT2D eigenvalue weighted by Crippen LogP contribution is 2.27. The van der Waals surface area contributed by atoms with Crippen LogP contribution in [-0.4, -0.2) is 41.1 Å². The molecule has 27 heavy (non-hydrogen) atoms. The minimum Gasteiger partial charge on any atom is -0.496 e. The molecule has 1 aromatic heterocycles. The highest BCUT2D eigenvalue weighted by molar-refractivity contribution is 5.93. The van der Waals surface area contributed by atoms with Crippen LogP contribution in [0.1, 0.15) is 34.9 Å². The Labute approximate surface area is 157 Å². The lowest BCUT2D eigenvalue weighted by Gasteiger charge is -2.22. The summed E-state index contributed by atoms with van der Waals surface area (Å²) in [4.78, 5) is 12.6. The van der Waals surface area contributed by atoms with E-state index < -0.39 is 0 Å². The fraction of sp³-hybridized carbons (Fsp3) is 0.350. The van der Waals surface area contributed by atoms with Gasteiger partial charge >= 0.3 is 0 Å². The number of methoxy groups -OCH3 is 1. The van der Waals surface area contributed by atoms with E-state index in [1.807, 2.05) is 41.1 Å². The highest BCUT2D eigenvalue weighted by atomic mass is 16.5. The fourth-order valence-corrected chi connectivity index (χ4v) is 3.58. The quantitative estimate of drug-likeness (QED) is 0.725. The molecule has 0 aliphatic carbocycles. The number of nitrogens with one attached hydrogen (secondary N) is 2. The van der Waals surface area contributed by atoms with Gasteiger partial charge in [0, 0.05) is 12.1 Å². The zero-order chi connectivity index (χ0) is 18.6. The first-order valence-corrected chi connectivity index (χ1v) is 9.21. The molecule has 0 radical (unpaired) electrons. The Morgan fingerprint density at radius 3 is 2.89 bits per heavy atom. The molecule has 2 heterocycles. The van der Waals surface area contributed by atoms with E-state index in [2.05, 4.69) is 20.9 Å². The summed E-state index contributed by atoms with van der Waals surface area (Å²) >= 11 is 0. The van der Waals surface area contributed by atoms with Gasteiger partial charge in [-0.1, -0.05) is 35.5 Å². The van der Waals surface area contributed by atoms with Crippen LogP contribution in [0.2, 0.25) is 0 Å². The minimum atomic E-state index is -0.231. The molecule has 2 N–H and O–H groups in total. The van der Waals surface area contributed by atoms with Crippen molar-refractivity contribution in [2.75, 3.05) is 20.2 Å². The van der Waals surface area contributed by atoms with Gasteiger partial charge in [-0.3, -0.25) is 4.79 Å². The Kier molecular flexibility index (Phi) is 5.02. The highest BCUT2D eigenvalue weighted by Gasteiger charge is 2.19. The van der Waals surface area contributed by atoms with E-state index in [9.17, 15) is 4.79 Å². The first kappa shape index (κ1) is 17.5. The van der Waals surface area contributed by atoms with E-state index in [0.29, 0.717) is 18.3 Å². The van der Waals surface area contributed by atoms with Crippen LogP contribution < -0.4 is 15.4 Å². The summed E-state index contributed by atoms with van der Waals surface area (Å²) in [5.41, 5.74) is 1.29. The number of nitrogens with zero attached hydrogens (tertiary/aromatic N) is 3. The van der Waals surface area contributed by atoms with Gasteiger partial charge in [-0.05, 0) is 42.8 Å². The number of piperidine rings is 1. The maximum atomic E-state index is 12.6. The fourth-order valence-electron chi connectivity index (χ4n) is 3.58. The summed E-state index contributed by atoms with van der Waals surface area (Å²) in [5.74, 6) is 0.525. The van der Waals surface area contributed by atoms with Crippen molar-refractivity contribution in [3.63, 3.8) is 0 Å². The van der Waals surface area contributed by atoms with Crippen molar-refractivity contribution in [3.8, 4) is 5.75 Å². The summed E-state index contributed by atoms with van der Waals surface area (Å²) in [5, 5.41) is 16.7. The van der Waals surface area contributed by atoms with Crippen molar-refractivity contribution in [2.45, 2.75) is 25.4 Å². The number of benzene rings is 2. The Balaban J connectivity index is 1.50. The molecule has 4 rings (SSSR count). The first-order chi connectivity index (χ1) is 13.3. The molecule has 1 amide bonds. The third-order valence-corrected chi connectivity index (χ3v) is 5.07. The number of amides is 1. The SMILES string of the molecule is COc1ccc2ccccc2c1CNC(=O)c1cn(C2CCNCC2)nn1. The lowest BCUT2D eigenvalue weighted by atomic mass is 10.0. The van der Waals surface area contributed by atoms with E-state index >= 15 is 0 Å². The lowest BCUT2D eigenvalue weighted by molar-refractivity contribution is 0.0945. The van der Waals surface area contributed by atoms with Gasteiger partial charge in [-0.15, -0.1) is 5.10 Å². The molecule has 0 atom stereocenters. The monoisotopic (exact) mass is 365 g/mol. The molecular formula is C20H23N5O2. The molecule has 3 aromatic rings. The van der Waals surface area contributed by atoms with Gasteiger partial charge in [0.15, 0.2) is 5.69 Å². The smallest absolute Gasteiger partial charge is 0.273 e. The van der Waals surface area contributed by atoms with E-state index in [4.69, 9.17) is 4.74 Å². The second-order valence-electron chi connectivity index (χ2n) is 6.72. The van der Waals surface area contributed by atoms with Gasteiger partial charge in [0.05, 0.1) is 19.3 Å². The molecule has 1 fully saturated rings. The van der Waals surface area contributed by atoms with Crippen molar-refractivity contribution >= 4 is 16.7 Å². The standard InChI is InChI=1S/C20H23N5O2/c1-27-19-7-6-14-4-2-3-5-16(14)17(19)12-22-20(26)18-13-25(24-23-18)15-8-10-21-11-9-15/h2-7,13,15,21H,8-12H2,1H3,(H,22,26). The molecule has 0 spiro atoms. The average Bonchev–Trinajstić information content (AvgIpc) is 3.22. The van der Waals surface area contributed by atoms with Crippen molar-refractivity contribution in [3.05, 3.63) is 53.9 Å². The van der Waals surface area contributed by atoms with Gasteiger partial charge in [0.25, 0.3) is 5.91 Å². The maximum absolute atomic E-state index is 12.6. The molecule has 0 unspecified atom stereocenters. The normalized spacial score (nSPS) is 15.0. The molecule has 0 saturated carbocycles. The topological polar surface area (TPSA) is 81.1 Å². The maximum Gasteiger partial charge on any atom is 0.273 e. The summed E-state index contributed by atoms with van der Waals surface area (Å²) in [6.45, 7) is 2.30. The van der Waals surface area contributed by atoms with Crippen LogP contribution in [0.5, 0.6) is 5.75 Å². The minimum absolute atomic E-state index is 0.231. The van der Waals surface area contributed by atoms with Gasteiger partial charge in [0.1, 0.15) is 5.75 Å². The van der Waals surface area contributed by atoms with Crippen LogP contribution in [0.15, 0.2) is 42.6 Å². The molecule has 1 saturated heterocycles. The predicted octanol–water partition coefficient (Wildman–Crippen LogP) is 2.29. The molecule has 7 nitrogen and oxygen atoms in total. The molecule has 140 valence electrons. The third-order valence-electron chi connectivity index (χ3n) is 5.07. The van der Waals surface area contributed by atoms with Crippen molar-refractivity contribution < 1.29 is 9.53 Å². The van der Waals surface area contributed by atoms with Crippen LogP contribution >= 0.6 is 0 Å². The van der Waals surface area contributed by atoms with Crippen LogP contribution in [0.3, 0.4) is 0 Å². The molecule has 7 heteroatoms. The van der Waals surface area contributed by atoms with Crippen molar-refractivity contribution in [1.29, 1.82) is 0 Å². The average molecular weight is 365 g/mol. The Morgan fingerprint density at radius 1 is 1.26 bits per heavy atom. The van der Waals surface area contributed by atoms with Crippen LogP contribution in [-0.2, 0) is 6.54 Å². The van der Waals surface area contributed by atoms with E-state index in [1.54, 1.807) is 13.3 Å². The van der Waals surface area contributed by atoms with Gasteiger partial charge in [-0.2, -0.15) is 0 Å². The van der Waals surface area contributed by atoms with Crippen LogP contribution in [0.4, 0.5) is 0 Å². The number of ether oxygens (including phenoxy) is 1.